The standard InChI is InChI=1S/C20H17BrN2O2S/c1-15(22-23-26(24,25)20-13-11-19(21)12-14-20)16-7-9-18(10-8-16)17-5-3-2-4-6-17/h2-14,23H,1H3. The first-order valence-corrected chi connectivity index (χ1v) is 10.2. The lowest BCUT2D eigenvalue weighted by atomic mass is 10.0. The van der Waals surface area contributed by atoms with Crippen molar-refractivity contribution in [3.8, 4) is 11.1 Å². The van der Waals surface area contributed by atoms with Gasteiger partial charge in [-0.1, -0.05) is 70.5 Å². The van der Waals surface area contributed by atoms with E-state index >= 15 is 0 Å². The highest BCUT2D eigenvalue weighted by molar-refractivity contribution is 9.10. The van der Waals surface area contributed by atoms with Crippen LogP contribution in [-0.2, 0) is 10.0 Å². The SMILES string of the molecule is CC(=NNS(=O)(=O)c1ccc(Br)cc1)c1ccc(-c2ccccc2)cc1. The predicted octanol–water partition coefficient (Wildman–Crippen LogP) is 4.82. The van der Waals surface area contributed by atoms with Crippen LogP contribution in [0.25, 0.3) is 11.1 Å². The average molecular weight is 429 g/mol. The number of nitrogens with zero attached hydrogens (tertiary/aromatic N) is 1. The van der Waals surface area contributed by atoms with Crippen LogP contribution in [0, 0.1) is 0 Å². The van der Waals surface area contributed by atoms with Gasteiger partial charge in [0.05, 0.1) is 10.6 Å². The third-order valence-corrected chi connectivity index (χ3v) is 5.62. The molecule has 0 spiro atoms. The summed E-state index contributed by atoms with van der Waals surface area (Å²) in [6.07, 6.45) is 0. The molecule has 0 aliphatic rings. The molecule has 0 saturated carbocycles. The third-order valence-electron chi connectivity index (χ3n) is 3.87. The number of rotatable bonds is 5. The zero-order chi connectivity index (χ0) is 18.6. The lowest BCUT2D eigenvalue weighted by Crippen LogP contribution is -2.19. The largest absolute Gasteiger partial charge is 0.276 e. The topological polar surface area (TPSA) is 58.5 Å². The first-order valence-electron chi connectivity index (χ1n) is 7.93. The molecule has 0 unspecified atom stereocenters. The summed E-state index contributed by atoms with van der Waals surface area (Å²) in [5, 5.41) is 4.03. The Morgan fingerprint density at radius 2 is 1.42 bits per heavy atom. The number of nitrogens with one attached hydrogen (secondary N) is 1. The minimum atomic E-state index is -3.69. The second kappa shape index (κ2) is 7.85. The molecule has 0 aromatic heterocycles. The molecule has 0 atom stereocenters. The van der Waals surface area contributed by atoms with Gasteiger partial charge in [-0.25, -0.2) is 0 Å². The van der Waals surface area contributed by atoms with Crippen molar-refractivity contribution in [2.75, 3.05) is 0 Å². The van der Waals surface area contributed by atoms with Crippen LogP contribution in [0.5, 0.6) is 0 Å². The zero-order valence-electron chi connectivity index (χ0n) is 14.1. The molecule has 0 radical (unpaired) electrons. The number of benzene rings is 3. The van der Waals surface area contributed by atoms with E-state index in [1.165, 1.54) is 12.1 Å². The van der Waals surface area contributed by atoms with E-state index in [1.807, 2.05) is 54.6 Å². The number of hydrogen-bond donors (Lipinski definition) is 1. The highest BCUT2D eigenvalue weighted by Gasteiger charge is 2.12. The van der Waals surface area contributed by atoms with Crippen LogP contribution >= 0.6 is 15.9 Å². The van der Waals surface area contributed by atoms with Gasteiger partial charge in [-0.05, 0) is 47.9 Å². The summed E-state index contributed by atoms with van der Waals surface area (Å²) in [7, 11) is -3.69. The lowest BCUT2D eigenvalue weighted by molar-refractivity contribution is 0.584. The first-order chi connectivity index (χ1) is 12.5. The monoisotopic (exact) mass is 428 g/mol. The molecule has 0 saturated heterocycles. The molecule has 26 heavy (non-hydrogen) atoms. The molecule has 0 aliphatic heterocycles. The molecule has 3 aromatic carbocycles. The molecule has 0 heterocycles. The molecule has 0 bridgehead atoms. The Morgan fingerprint density at radius 1 is 0.846 bits per heavy atom. The van der Waals surface area contributed by atoms with E-state index in [0.29, 0.717) is 5.71 Å². The van der Waals surface area contributed by atoms with Gasteiger partial charge >= 0.3 is 0 Å². The molecular formula is C20H17BrN2O2S. The van der Waals surface area contributed by atoms with Crippen LogP contribution in [0.2, 0.25) is 0 Å². The maximum absolute atomic E-state index is 12.3. The van der Waals surface area contributed by atoms with Crippen molar-refractivity contribution < 1.29 is 8.42 Å². The van der Waals surface area contributed by atoms with Gasteiger partial charge in [0.15, 0.2) is 0 Å². The fourth-order valence-corrected chi connectivity index (χ4v) is 3.52. The molecule has 0 amide bonds. The molecule has 3 aromatic rings. The fourth-order valence-electron chi connectivity index (χ4n) is 2.39. The Labute approximate surface area is 161 Å². The number of hydrazone groups is 1. The van der Waals surface area contributed by atoms with Crippen molar-refractivity contribution in [1.82, 2.24) is 4.83 Å². The summed E-state index contributed by atoms with van der Waals surface area (Å²) in [4.78, 5) is 2.45. The smallest absolute Gasteiger partial charge is 0.200 e. The first kappa shape index (κ1) is 18.4. The second-order valence-corrected chi connectivity index (χ2v) is 8.27. The quantitative estimate of drug-likeness (QED) is 0.467. The Bertz CT molecular complexity index is 1010. The maximum Gasteiger partial charge on any atom is 0.276 e. The summed E-state index contributed by atoms with van der Waals surface area (Å²) in [5.41, 5.74) is 3.66. The molecule has 0 fully saturated rings. The molecular weight excluding hydrogens is 412 g/mol. The minimum absolute atomic E-state index is 0.164. The Balaban J connectivity index is 1.76. The molecule has 4 nitrogen and oxygen atoms in total. The summed E-state index contributed by atoms with van der Waals surface area (Å²) in [6, 6.07) is 24.3. The van der Waals surface area contributed by atoms with Gasteiger partial charge in [-0.3, -0.25) is 0 Å². The van der Waals surface area contributed by atoms with Crippen molar-refractivity contribution in [3.05, 3.63) is 88.9 Å². The molecule has 1 N–H and O–H groups in total. The van der Waals surface area contributed by atoms with Crippen LogP contribution in [-0.4, -0.2) is 14.1 Å². The van der Waals surface area contributed by atoms with Crippen LogP contribution in [0.1, 0.15) is 12.5 Å². The summed E-state index contributed by atoms with van der Waals surface area (Å²) < 4.78 is 25.4. The molecule has 0 aliphatic carbocycles. The van der Waals surface area contributed by atoms with Crippen LogP contribution in [0.3, 0.4) is 0 Å². The van der Waals surface area contributed by atoms with Gasteiger partial charge in [0, 0.05) is 4.47 Å². The minimum Gasteiger partial charge on any atom is -0.200 e. The number of sulfonamides is 1. The van der Waals surface area contributed by atoms with Crippen molar-refractivity contribution in [2.45, 2.75) is 11.8 Å². The van der Waals surface area contributed by atoms with E-state index in [2.05, 4.69) is 25.9 Å². The second-order valence-electron chi connectivity index (χ2n) is 5.69. The van der Waals surface area contributed by atoms with Crippen molar-refractivity contribution in [1.29, 1.82) is 0 Å². The van der Waals surface area contributed by atoms with E-state index in [1.54, 1.807) is 19.1 Å². The average Bonchev–Trinajstić information content (AvgIpc) is 2.67. The van der Waals surface area contributed by atoms with E-state index < -0.39 is 10.0 Å². The Morgan fingerprint density at radius 3 is 2.04 bits per heavy atom. The highest BCUT2D eigenvalue weighted by atomic mass is 79.9. The van der Waals surface area contributed by atoms with Crippen molar-refractivity contribution in [3.63, 3.8) is 0 Å². The van der Waals surface area contributed by atoms with Gasteiger partial charge in [-0.15, -0.1) is 0 Å². The van der Waals surface area contributed by atoms with Gasteiger partial charge in [-0.2, -0.15) is 18.4 Å². The van der Waals surface area contributed by atoms with Crippen LogP contribution < -0.4 is 4.83 Å². The van der Waals surface area contributed by atoms with E-state index in [4.69, 9.17) is 0 Å². The lowest BCUT2D eigenvalue weighted by Gasteiger charge is -2.07. The number of hydrogen-bond acceptors (Lipinski definition) is 3. The zero-order valence-corrected chi connectivity index (χ0v) is 16.5. The van der Waals surface area contributed by atoms with Crippen LogP contribution in [0.15, 0.2) is 93.3 Å². The molecule has 132 valence electrons. The number of halogens is 1. The third kappa shape index (κ3) is 4.39. The summed E-state index contributed by atoms with van der Waals surface area (Å²) >= 11 is 3.28. The van der Waals surface area contributed by atoms with E-state index in [9.17, 15) is 8.42 Å². The van der Waals surface area contributed by atoms with E-state index in [-0.39, 0.29) is 4.90 Å². The van der Waals surface area contributed by atoms with E-state index in [0.717, 1.165) is 21.2 Å². The fraction of sp³-hybridized carbons (Fsp3) is 0.0500. The molecule has 3 rings (SSSR count). The van der Waals surface area contributed by atoms with Gasteiger partial charge in [0.2, 0.25) is 0 Å². The van der Waals surface area contributed by atoms with Crippen molar-refractivity contribution in [2.24, 2.45) is 5.10 Å². The van der Waals surface area contributed by atoms with Gasteiger partial charge < -0.3 is 0 Å². The normalized spacial score (nSPS) is 12.0. The maximum atomic E-state index is 12.3. The Kier molecular flexibility index (Phi) is 5.54. The van der Waals surface area contributed by atoms with Crippen LogP contribution in [0.4, 0.5) is 0 Å². The molecule has 6 heteroatoms. The van der Waals surface area contributed by atoms with Crippen molar-refractivity contribution >= 4 is 31.7 Å². The highest BCUT2D eigenvalue weighted by Crippen LogP contribution is 2.19. The Hall–Kier alpha value is -2.44. The van der Waals surface area contributed by atoms with Gasteiger partial charge in [0.25, 0.3) is 10.0 Å². The van der Waals surface area contributed by atoms with Gasteiger partial charge in [0.1, 0.15) is 0 Å². The summed E-state index contributed by atoms with van der Waals surface area (Å²) in [6.45, 7) is 1.77. The summed E-state index contributed by atoms with van der Waals surface area (Å²) in [5.74, 6) is 0. The predicted molar refractivity (Wildman–Crippen MR) is 109 cm³/mol.